The molecule has 0 amide bonds. The Morgan fingerprint density at radius 1 is 1.42 bits per heavy atom. The quantitative estimate of drug-likeness (QED) is 0.365. The third kappa shape index (κ3) is 3.67. The molecule has 2 aromatic rings. The largest absolute Gasteiger partial charge is 0.465 e. The van der Waals surface area contributed by atoms with Gasteiger partial charge in [-0.15, -0.1) is 11.3 Å². The second kappa shape index (κ2) is 7.70. The molecule has 0 radical (unpaired) electrons. The molecule has 0 aromatic carbocycles. The van der Waals surface area contributed by atoms with Gasteiger partial charge in [0, 0.05) is 4.88 Å². The second-order valence-corrected chi connectivity index (χ2v) is 8.46. The number of carbonyl (C=O) groups is 1. The maximum atomic E-state index is 12.5. The zero-order chi connectivity index (χ0) is 17.1. The molecule has 1 unspecified atom stereocenters. The topological polar surface area (TPSA) is 72.0 Å². The first-order valence-electron chi connectivity index (χ1n) is 8.48. The fourth-order valence-electron chi connectivity index (χ4n) is 2.85. The number of aromatic nitrogens is 2. The normalized spacial score (nSPS) is 15.2. The number of aryl methyl sites for hydroxylation is 2. The average Bonchev–Trinajstić information content (AvgIpc) is 2.93. The summed E-state index contributed by atoms with van der Waals surface area (Å²) in [6.07, 6.45) is 6.18. The molecule has 1 N–H and O–H groups in total. The average molecular weight is 367 g/mol. The lowest BCUT2D eigenvalue weighted by Crippen LogP contribution is -2.19. The number of carbonyl (C=O) groups excluding carboxylic acids is 1. The first-order valence-corrected chi connectivity index (χ1v) is 10.2. The fraction of sp³-hybridized carbons (Fsp3) is 0.588. The minimum Gasteiger partial charge on any atom is -0.465 e. The van der Waals surface area contributed by atoms with Gasteiger partial charge in [0.15, 0.2) is 5.16 Å². The van der Waals surface area contributed by atoms with Gasteiger partial charge in [0.2, 0.25) is 0 Å². The van der Waals surface area contributed by atoms with Crippen molar-refractivity contribution in [2.45, 2.75) is 62.8 Å². The molecule has 5 nitrogen and oxygen atoms in total. The Morgan fingerprint density at radius 2 is 2.21 bits per heavy atom. The highest BCUT2D eigenvalue weighted by molar-refractivity contribution is 8.00. The Labute approximate surface area is 149 Å². The number of hydrogen-bond donors (Lipinski definition) is 1. The van der Waals surface area contributed by atoms with Crippen LogP contribution in [0.15, 0.2) is 9.95 Å². The lowest BCUT2D eigenvalue weighted by atomic mass is 9.97. The van der Waals surface area contributed by atoms with E-state index in [4.69, 9.17) is 4.74 Å². The van der Waals surface area contributed by atoms with Gasteiger partial charge in [-0.1, -0.05) is 25.1 Å². The molecule has 1 aliphatic carbocycles. The van der Waals surface area contributed by atoms with Crippen molar-refractivity contribution in [3.8, 4) is 0 Å². The Kier molecular flexibility index (Phi) is 5.61. The van der Waals surface area contributed by atoms with Crippen molar-refractivity contribution >= 4 is 39.3 Å². The SMILES string of the molecule is CCCCOC(=O)C(C)Sc1nc2sc3c(c2c(=O)[nH]1)CCCC3. The lowest BCUT2D eigenvalue weighted by Gasteiger charge is -2.11. The molecule has 0 aliphatic heterocycles. The van der Waals surface area contributed by atoms with Crippen molar-refractivity contribution in [3.05, 3.63) is 20.8 Å². The van der Waals surface area contributed by atoms with E-state index < -0.39 is 5.25 Å². The van der Waals surface area contributed by atoms with E-state index in [0.717, 1.165) is 42.3 Å². The van der Waals surface area contributed by atoms with Crippen molar-refractivity contribution in [1.29, 1.82) is 0 Å². The summed E-state index contributed by atoms with van der Waals surface area (Å²) in [6, 6.07) is 0. The van der Waals surface area contributed by atoms with Crippen LogP contribution < -0.4 is 5.56 Å². The number of hydrogen-bond acceptors (Lipinski definition) is 6. The first-order chi connectivity index (χ1) is 11.6. The number of rotatable bonds is 6. The van der Waals surface area contributed by atoms with Crippen LogP contribution in [0, 0.1) is 0 Å². The van der Waals surface area contributed by atoms with E-state index in [0.29, 0.717) is 11.8 Å². The van der Waals surface area contributed by atoms with Gasteiger partial charge in [-0.2, -0.15) is 0 Å². The molecule has 130 valence electrons. The number of aromatic amines is 1. The maximum absolute atomic E-state index is 12.5. The van der Waals surface area contributed by atoms with Gasteiger partial charge in [0.1, 0.15) is 10.1 Å². The summed E-state index contributed by atoms with van der Waals surface area (Å²) in [6.45, 7) is 4.28. The Balaban J connectivity index is 1.78. The van der Waals surface area contributed by atoms with Crippen molar-refractivity contribution in [3.63, 3.8) is 0 Å². The second-order valence-electron chi connectivity index (χ2n) is 6.04. The number of nitrogens with zero attached hydrogens (tertiary/aromatic N) is 1. The molecule has 0 spiro atoms. The third-order valence-electron chi connectivity index (χ3n) is 4.17. The van der Waals surface area contributed by atoms with E-state index in [1.807, 2.05) is 0 Å². The standard InChI is InChI=1S/C17H22N2O3S2/c1-3-4-9-22-16(21)10(2)23-17-18-14(20)13-11-7-5-6-8-12(11)24-15(13)19-17/h10H,3-9H2,1-2H3,(H,18,19,20). The number of nitrogens with one attached hydrogen (secondary N) is 1. The van der Waals surface area contributed by atoms with Crippen LogP contribution in [0.2, 0.25) is 0 Å². The lowest BCUT2D eigenvalue weighted by molar-refractivity contribution is -0.142. The number of thiophene rings is 1. The summed E-state index contributed by atoms with van der Waals surface area (Å²) in [7, 11) is 0. The number of H-pyrrole nitrogens is 1. The van der Waals surface area contributed by atoms with Crippen LogP contribution in [0.1, 0.15) is 50.0 Å². The highest BCUT2D eigenvalue weighted by Crippen LogP contribution is 2.34. The van der Waals surface area contributed by atoms with Crippen LogP contribution in [0.4, 0.5) is 0 Å². The molecule has 1 atom stereocenters. The molecule has 0 saturated carbocycles. The molecule has 3 rings (SSSR count). The number of thioether (sulfide) groups is 1. The van der Waals surface area contributed by atoms with Crippen LogP contribution in [-0.4, -0.2) is 27.8 Å². The van der Waals surface area contributed by atoms with Crippen molar-refractivity contribution in [2.75, 3.05) is 6.61 Å². The van der Waals surface area contributed by atoms with E-state index in [2.05, 4.69) is 16.9 Å². The Hall–Kier alpha value is -1.34. The molecule has 0 fully saturated rings. The Bertz CT molecular complexity index is 797. The highest BCUT2D eigenvalue weighted by atomic mass is 32.2. The molecule has 0 saturated heterocycles. The zero-order valence-corrected chi connectivity index (χ0v) is 15.6. The summed E-state index contributed by atoms with van der Waals surface area (Å²) in [4.78, 5) is 33.9. The predicted octanol–water partition coefficient (Wildman–Crippen LogP) is 3.69. The van der Waals surface area contributed by atoms with E-state index in [1.54, 1.807) is 18.3 Å². The van der Waals surface area contributed by atoms with Crippen molar-refractivity contribution < 1.29 is 9.53 Å². The van der Waals surface area contributed by atoms with Crippen LogP contribution in [0.25, 0.3) is 10.2 Å². The van der Waals surface area contributed by atoms with E-state index in [1.165, 1.54) is 28.6 Å². The van der Waals surface area contributed by atoms with E-state index in [9.17, 15) is 9.59 Å². The van der Waals surface area contributed by atoms with Crippen molar-refractivity contribution in [2.24, 2.45) is 0 Å². The fourth-order valence-corrected chi connectivity index (χ4v) is 4.96. The molecule has 0 bridgehead atoms. The number of ether oxygens (including phenoxy) is 1. The van der Waals surface area contributed by atoms with E-state index in [-0.39, 0.29) is 11.5 Å². The van der Waals surface area contributed by atoms with E-state index >= 15 is 0 Å². The molecule has 7 heteroatoms. The molecule has 24 heavy (non-hydrogen) atoms. The monoisotopic (exact) mass is 366 g/mol. The van der Waals surface area contributed by atoms with Crippen LogP contribution >= 0.6 is 23.1 Å². The zero-order valence-electron chi connectivity index (χ0n) is 14.0. The molecular formula is C17H22N2O3S2. The van der Waals surface area contributed by atoms with Gasteiger partial charge < -0.3 is 9.72 Å². The van der Waals surface area contributed by atoms with Gasteiger partial charge >= 0.3 is 5.97 Å². The van der Waals surface area contributed by atoms with Gasteiger partial charge in [0.25, 0.3) is 5.56 Å². The molecule has 1 aliphatic rings. The molecule has 2 heterocycles. The first kappa shape index (κ1) is 17.5. The summed E-state index contributed by atoms with van der Waals surface area (Å²) < 4.78 is 5.22. The number of unbranched alkanes of at least 4 members (excludes halogenated alkanes) is 1. The predicted molar refractivity (Wildman–Crippen MR) is 98.1 cm³/mol. The Morgan fingerprint density at radius 3 is 3.00 bits per heavy atom. The third-order valence-corrected chi connectivity index (χ3v) is 6.31. The minimum absolute atomic E-state index is 0.0894. The molecular weight excluding hydrogens is 344 g/mol. The van der Waals surface area contributed by atoms with Crippen LogP contribution in [0.5, 0.6) is 0 Å². The van der Waals surface area contributed by atoms with Gasteiger partial charge in [0.05, 0.1) is 12.0 Å². The van der Waals surface area contributed by atoms with Gasteiger partial charge in [-0.05, 0) is 44.6 Å². The maximum Gasteiger partial charge on any atom is 0.319 e. The minimum atomic E-state index is -0.392. The highest BCUT2D eigenvalue weighted by Gasteiger charge is 2.22. The number of esters is 1. The summed E-state index contributed by atoms with van der Waals surface area (Å²) in [5.41, 5.74) is 1.09. The summed E-state index contributed by atoms with van der Waals surface area (Å²) >= 11 is 2.87. The molecule has 2 aromatic heterocycles. The summed E-state index contributed by atoms with van der Waals surface area (Å²) in [5.74, 6) is -0.262. The van der Waals surface area contributed by atoms with Crippen LogP contribution in [0.3, 0.4) is 0 Å². The van der Waals surface area contributed by atoms with Crippen molar-refractivity contribution in [1.82, 2.24) is 9.97 Å². The smallest absolute Gasteiger partial charge is 0.319 e. The summed E-state index contributed by atoms with van der Waals surface area (Å²) in [5, 5.41) is 0.848. The van der Waals surface area contributed by atoms with Gasteiger partial charge in [-0.25, -0.2) is 4.98 Å². The number of fused-ring (bicyclic) bond motifs is 3. The van der Waals surface area contributed by atoms with Gasteiger partial charge in [-0.3, -0.25) is 9.59 Å². The van der Waals surface area contributed by atoms with Crippen LogP contribution in [-0.2, 0) is 22.4 Å².